The lowest BCUT2D eigenvalue weighted by Gasteiger charge is -2.32. The highest BCUT2D eigenvalue weighted by atomic mass is 16.5. The van der Waals surface area contributed by atoms with Crippen LogP contribution < -0.4 is 10.1 Å². The number of benzene rings is 1. The number of rotatable bonds is 5. The van der Waals surface area contributed by atoms with Crippen molar-refractivity contribution in [3.8, 4) is 17.0 Å². The SMILES string of the molecule is CN(C)C1CCOc2c(NCc3cn[nH]c3-c3cnn(C)c3)cccc21. The van der Waals surface area contributed by atoms with E-state index < -0.39 is 0 Å². The second-order valence-electron chi connectivity index (χ2n) is 6.87. The summed E-state index contributed by atoms with van der Waals surface area (Å²) in [6.45, 7) is 1.40. The van der Waals surface area contributed by atoms with Gasteiger partial charge in [0.1, 0.15) is 5.75 Å². The molecule has 2 aromatic heterocycles. The predicted molar refractivity (Wildman–Crippen MR) is 101 cm³/mol. The molecule has 4 rings (SSSR count). The highest BCUT2D eigenvalue weighted by molar-refractivity contribution is 5.64. The third-order valence-corrected chi connectivity index (χ3v) is 4.85. The quantitative estimate of drug-likeness (QED) is 0.739. The Balaban J connectivity index is 1.57. The van der Waals surface area contributed by atoms with Gasteiger partial charge in [0.2, 0.25) is 0 Å². The molecule has 3 heterocycles. The van der Waals surface area contributed by atoms with Crippen LogP contribution in [0.4, 0.5) is 5.69 Å². The molecule has 1 aromatic carbocycles. The Kier molecular flexibility index (Phi) is 4.38. The number of hydrogen-bond donors (Lipinski definition) is 2. The number of aromatic nitrogens is 4. The molecule has 7 heteroatoms. The van der Waals surface area contributed by atoms with Crippen LogP contribution in [0.15, 0.2) is 36.8 Å². The minimum Gasteiger partial charge on any atom is -0.491 e. The van der Waals surface area contributed by atoms with E-state index >= 15 is 0 Å². The van der Waals surface area contributed by atoms with Gasteiger partial charge in [0.25, 0.3) is 0 Å². The first-order valence-electron chi connectivity index (χ1n) is 8.80. The fraction of sp³-hybridized carbons (Fsp3) is 0.368. The molecule has 2 N–H and O–H groups in total. The van der Waals surface area contributed by atoms with Gasteiger partial charge in [-0.15, -0.1) is 0 Å². The minimum atomic E-state index is 0.389. The van der Waals surface area contributed by atoms with Crippen molar-refractivity contribution >= 4 is 5.69 Å². The molecule has 1 atom stereocenters. The number of nitrogens with zero attached hydrogens (tertiary/aromatic N) is 4. The van der Waals surface area contributed by atoms with Crippen LogP contribution in [-0.2, 0) is 13.6 Å². The van der Waals surface area contributed by atoms with Gasteiger partial charge in [-0.2, -0.15) is 10.2 Å². The van der Waals surface area contributed by atoms with Gasteiger partial charge in [-0.3, -0.25) is 9.78 Å². The summed E-state index contributed by atoms with van der Waals surface area (Å²) in [6.07, 6.45) is 6.68. The summed E-state index contributed by atoms with van der Waals surface area (Å²) in [7, 11) is 6.14. The summed E-state index contributed by atoms with van der Waals surface area (Å²) < 4.78 is 7.79. The van der Waals surface area contributed by atoms with E-state index in [2.05, 4.69) is 57.8 Å². The smallest absolute Gasteiger partial charge is 0.147 e. The number of anilines is 1. The van der Waals surface area contributed by atoms with Crippen molar-refractivity contribution < 1.29 is 4.74 Å². The Labute approximate surface area is 153 Å². The molecule has 0 aliphatic carbocycles. The summed E-state index contributed by atoms with van der Waals surface area (Å²) in [5, 5.41) is 15.0. The molecular formula is C19H24N6O. The number of aryl methyl sites for hydroxylation is 1. The molecule has 0 bridgehead atoms. The predicted octanol–water partition coefficient (Wildman–Crippen LogP) is 2.81. The molecular weight excluding hydrogens is 328 g/mol. The summed E-state index contributed by atoms with van der Waals surface area (Å²) in [5.74, 6) is 0.962. The van der Waals surface area contributed by atoms with Crippen LogP contribution in [0.25, 0.3) is 11.3 Å². The van der Waals surface area contributed by atoms with Crippen LogP contribution in [-0.4, -0.2) is 45.6 Å². The number of nitrogens with one attached hydrogen (secondary N) is 2. The van der Waals surface area contributed by atoms with E-state index in [0.717, 1.165) is 41.3 Å². The summed E-state index contributed by atoms with van der Waals surface area (Å²) in [4.78, 5) is 2.25. The minimum absolute atomic E-state index is 0.389. The average molecular weight is 352 g/mol. The van der Waals surface area contributed by atoms with Crippen LogP contribution in [0, 0.1) is 0 Å². The third kappa shape index (κ3) is 3.06. The highest BCUT2D eigenvalue weighted by Crippen LogP contribution is 2.40. The molecule has 0 saturated heterocycles. The molecule has 1 aliphatic rings. The largest absolute Gasteiger partial charge is 0.491 e. The van der Waals surface area contributed by atoms with Gasteiger partial charge >= 0.3 is 0 Å². The third-order valence-electron chi connectivity index (χ3n) is 4.85. The van der Waals surface area contributed by atoms with Crippen LogP contribution >= 0.6 is 0 Å². The van der Waals surface area contributed by atoms with E-state index in [4.69, 9.17) is 4.74 Å². The number of hydrogen-bond acceptors (Lipinski definition) is 5. The van der Waals surface area contributed by atoms with Crippen molar-refractivity contribution in [2.75, 3.05) is 26.0 Å². The summed E-state index contributed by atoms with van der Waals surface area (Å²) >= 11 is 0. The fourth-order valence-electron chi connectivity index (χ4n) is 3.52. The van der Waals surface area contributed by atoms with Crippen molar-refractivity contribution in [1.82, 2.24) is 24.9 Å². The van der Waals surface area contributed by atoms with Crippen LogP contribution in [0.5, 0.6) is 5.75 Å². The second kappa shape index (κ2) is 6.84. The van der Waals surface area contributed by atoms with Gasteiger partial charge in [0.15, 0.2) is 0 Å². The zero-order chi connectivity index (χ0) is 18.1. The zero-order valence-electron chi connectivity index (χ0n) is 15.4. The van der Waals surface area contributed by atoms with Crippen LogP contribution in [0.3, 0.4) is 0 Å². The van der Waals surface area contributed by atoms with Crippen molar-refractivity contribution in [3.05, 3.63) is 47.9 Å². The van der Waals surface area contributed by atoms with Gasteiger partial charge in [0, 0.05) is 48.9 Å². The molecule has 0 spiro atoms. The molecule has 136 valence electrons. The lowest BCUT2D eigenvalue weighted by atomic mass is 9.98. The number of ether oxygens (including phenoxy) is 1. The van der Waals surface area contributed by atoms with Gasteiger partial charge in [-0.25, -0.2) is 0 Å². The number of H-pyrrole nitrogens is 1. The number of aromatic amines is 1. The Bertz CT molecular complexity index is 897. The molecule has 3 aromatic rings. The van der Waals surface area contributed by atoms with E-state index in [9.17, 15) is 0 Å². The molecule has 26 heavy (non-hydrogen) atoms. The van der Waals surface area contributed by atoms with E-state index in [1.807, 2.05) is 25.6 Å². The van der Waals surface area contributed by atoms with E-state index in [1.165, 1.54) is 5.56 Å². The average Bonchev–Trinajstić information content (AvgIpc) is 3.27. The molecule has 0 fully saturated rings. The topological polar surface area (TPSA) is 71.0 Å². The van der Waals surface area contributed by atoms with Crippen molar-refractivity contribution in [2.45, 2.75) is 19.0 Å². The van der Waals surface area contributed by atoms with E-state index in [1.54, 1.807) is 4.68 Å². The molecule has 1 unspecified atom stereocenters. The van der Waals surface area contributed by atoms with Crippen molar-refractivity contribution in [2.24, 2.45) is 7.05 Å². The van der Waals surface area contributed by atoms with Crippen LogP contribution in [0.1, 0.15) is 23.6 Å². The maximum Gasteiger partial charge on any atom is 0.147 e. The normalized spacial score (nSPS) is 16.4. The lowest BCUT2D eigenvalue weighted by molar-refractivity contribution is 0.190. The molecule has 0 radical (unpaired) electrons. The maximum absolute atomic E-state index is 6.00. The number of fused-ring (bicyclic) bond motifs is 1. The van der Waals surface area contributed by atoms with E-state index in [0.29, 0.717) is 12.6 Å². The molecule has 0 amide bonds. The van der Waals surface area contributed by atoms with Gasteiger partial charge in [-0.05, 0) is 20.2 Å². The van der Waals surface area contributed by atoms with Gasteiger partial charge in [-0.1, -0.05) is 12.1 Å². The Hall–Kier alpha value is -2.80. The standard InChI is InChI=1S/C19H24N6O/c1-24(2)17-7-8-26-19-15(17)5-4-6-16(19)20-9-13-10-21-23-18(13)14-11-22-25(3)12-14/h4-6,10-12,17,20H,7-9H2,1-3H3,(H,21,23). The first-order valence-corrected chi connectivity index (χ1v) is 8.80. The molecule has 0 saturated carbocycles. The second-order valence-corrected chi connectivity index (χ2v) is 6.87. The summed E-state index contributed by atoms with van der Waals surface area (Å²) in [6, 6.07) is 6.70. The molecule has 1 aliphatic heterocycles. The Morgan fingerprint density at radius 1 is 1.35 bits per heavy atom. The highest BCUT2D eigenvalue weighted by Gasteiger charge is 2.25. The maximum atomic E-state index is 6.00. The number of para-hydroxylation sites is 1. The van der Waals surface area contributed by atoms with Crippen molar-refractivity contribution in [1.29, 1.82) is 0 Å². The van der Waals surface area contributed by atoms with Crippen LogP contribution in [0.2, 0.25) is 0 Å². The summed E-state index contributed by atoms with van der Waals surface area (Å²) in [5.41, 5.74) is 5.37. The lowest BCUT2D eigenvalue weighted by Crippen LogP contribution is -2.26. The zero-order valence-corrected chi connectivity index (χ0v) is 15.4. The van der Waals surface area contributed by atoms with Gasteiger partial charge < -0.3 is 15.0 Å². The van der Waals surface area contributed by atoms with Crippen molar-refractivity contribution in [3.63, 3.8) is 0 Å². The monoisotopic (exact) mass is 352 g/mol. The first-order chi connectivity index (χ1) is 12.6. The Morgan fingerprint density at radius 2 is 2.23 bits per heavy atom. The fourth-order valence-corrected chi connectivity index (χ4v) is 3.52. The first kappa shape index (κ1) is 16.7. The van der Waals surface area contributed by atoms with E-state index in [-0.39, 0.29) is 0 Å². The van der Waals surface area contributed by atoms with Gasteiger partial charge in [0.05, 0.1) is 30.4 Å². The Morgan fingerprint density at radius 3 is 3.00 bits per heavy atom. The molecule has 7 nitrogen and oxygen atoms in total.